The third kappa shape index (κ3) is 3.93. The van der Waals surface area contributed by atoms with Gasteiger partial charge in [-0.05, 0) is 37.0 Å². The normalized spacial score (nSPS) is 23.5. The van der Waals surface area contributed by atoms with Crippen molar-refractivity contribution in [1.82, 2.24) is 5.32 Å². The van der Waals surface area contributed by atoms with Crippen LogP contribution in [0.25, 0.3) is 6.08 Å². The fourth-order valence-electron chi connectivity index (χ4n) is 2.45. The van der Waals surface area contributed by atoms with E-state index in [1.807, 2.05) is 37.3 Å². The molecule has 0 saturated heterocycles. The first-order valence-corrected chi connectivity index (χ1v) is 6.89. The van der Waals surface area contributed by atoms with E-state index < -0.39 is 6.10 Å². The predicted molar refractivity (Wildman–Crippen MR) is 76.6 cm³/mol. The monoisotopic (exact) mass is 259 g/mol. The number of rotatable bonds is 3. The van der Waals surface area contributed by atoms with Crippen LogP contribution in [0, 0.1) is 6.92 Å². The second kappa shape index (κ2) is 6.53. The van der Waals surface area contributed by atoms with Crippen LogP contribution in [-0.4, -0.2) is 23.2 Å². The quantitative estimate of drug-likeness (QED) is 0.819. The first kappa shape index (κ1) is 13.8. The van der Waals surface area contributed by atoms with Crippen LogP contribution in [0.3, 0.4) is 0 Å². The lowest BCUT2D eigenvalue weighted by Gasteiger charge is -2.27. The van der Waals surface area contributed by atoms with Gasteiger partial charge in [-0.25, -0.2) is 0 Å². The van der Waals surface area contributed by atoms with Gasteiger partial charge in [-0.2, -0.15) is 0 Å². The van der Waals surface area contributed by atoms with E-state index in [1.54, 1.807) is 6.08 Å². The maximum atomic E-state index is 11.8. The largest absolute Gasteiger partial charge is 0.391 e. The van der Waals surface area contributed by atoms with Crippen LogP contribution in [-0.2, 0) is 4.79 Å². The van der Waals surface area contributed by atoms with Gasteiger partial charge >= 0.3 is 0 Å². The van der Waals surface area contributed by atoms with Gasteiger partial charge in [0.15, 0.2) is 0 Å². The van der Waals surface area contributed by atoms with Gasteiger partial charge in [-0.1, -0.05) is 37.1 Å². The summed E-state index contributed by atoms with van der Waals surface area (Å²) in [6.45, 7) is 2.02. The van der Waals surface area contributed by atoms with Crippen LogP contribution in [0.1, 0.15) is 36.8 Å². The summed E-state index contributed by atoms with van der Waals surface area (Å²) in [4.78, 5) is 11.8. The summed E-state index contributed by atoms with van der Waals surface area (Å²) >= 11 is 0. The van der Waals surface area contributed by atoms with Crippen molar-refractivity contribution >= 4 is 12.0 Å². The molecule has 0 spiro atoms. The molecule has 1 aromatic carbocycles. The minimum Gasteiger partial charge on any atom is -0.391 e. The lowest BCUT2D eigenvalue weighted by molar-refractivity contribution is -0.118. The molecule has 1 fully saturated rings. The van der Waals surface area contributed by atoms with Crippen molar-refractivity contribution in [2.75, 3.05) is 0 Å². The van der Waals surface area contributed by atoms with Gasteiger partial charge in [-0.3, -0.25) is 4.79 Å². The SMILES string of the molecule is Cc1ccccc1/C=C/C(=O)N[C@H]1CCCC[C@@H]1O. The number of hydrogen-bond donors (Lipinski definition) is 2. The molecule has 0 heterocycles. The van der Waals surface area contributed by atoms with E-state index in [9.17, 15) is 9.90 Å². The summed E-state index contributed by atoms with van der Waals surface area (Å²) in [6.07, 6.45) is 6.74. The van der Waals surface area contributed by atoms with Crippen molar-refractivity contribution in [1.29, 1.82) is 0 Å². The number of nitrogens with one attached hydrogen (secondary N) is 1. The standard InChI is InChI=1S/C16H21NO2/c1-12-6-2-3-7-13(12)10-11-16(19)17-14-8-4-5-9-15(14)18/h2-3,6-7,10-11,14-15,18H,4-5,8-9H2,1H3,(H,17,19)/b11-10+/t14-,15-/m0/s1. The molecule has 0 aromatic heterocycles. The smallest absolute Gasteiger partial charge is 0.244 e. The first-order valence-electron chi connectivity index (χ1n) is 6.89. The van der Waals surface area contributed by atoms with Crippen LogP contribution < -0.4 is 5.32 Å². The molecule has 0 radical (unpaired) electrons. The van der Waals surface area contributed by atoms with Gasteiger partial charge in [0.1, 0.15) is 0 Å². The summed E-state index contributed by atoms with van der Waals surface area (Å²) in [5.41, 5.74) is 2.19. The molecule has 2 atom stereocenters. The molecule has 3 heteroatoms. The van der Waals surface area contributed by atoms with E-state index in [-0.39, 0.29) is 11.9 Å². The molecule has 2 rings (SSSR count). The van der Waals surface area contributed by atoms with Gasteiger partial charge in [0.25, 0.3) is 0 Å². The lowest BCUT2D eigenvalue weighted by atomic mass is 9.92. The highest BCUT2D eigenvalue weighted by Crippen LogP contribution is 2.18. The maximum Gasteiger partial charge on any atom is 0.244 e. The molecule has 3 nitrogen and oxygen atoms in total. The Morgan fingerprint density at radius 3 is 2.79 bits per heavy atom. The number of aryl methyl sites for hydroxylation is 1. The molecule has 1 saturated carbocycles. The Hall–Kier alpha value is -1.61. The molecule has 102 valence electrons. The minimum atomic E-state index is -0.399. The third-order valence-corrected chi connectivity index (χ3v) is 3.66. The van der Waals surface area contributed by atoms with Crippen LogP contribution in [0.15, 0.2) is 30.3 Å². The van der Waals surface area contributed by atoms with Crippen molar-refractivity contribution < 1.29 is 9.90 Å². The zero-order valence-electron chi connectivity index (χ0n) is 11.3. The Kier molecular flexibility index (Phi) is 4.74. The molecule has 1 amide bonds. The number of benzene rings is 1. The van der Waals surface area contributed by atoms with Crippen LogP contribution in [0.2, 0.25) is 0 Å². The second-order valence-corrected chi connectivity index (χ2v) is 5.16. The molecule has 1 aliphatic rings. The van der Waals surface area contributed by atoms with Gasteiger partial charge in [0.2, 0.25) is 5.91 Å². The number of aliphatic hydroxyl groups excluding tert-OH is 1. The number of hydrogen-bond acceptors (Lipinski definition) is 2. The van der Waals surface area contributed by atoms with E-state index in [0.717, 1.165) is 36.8 Å². The Labute approximate surface area is 114 Å². The summed E-state index contributed by atoms with van der Waals surface area (Å²) in [5.74, 6) is -0.130. The zero-order chi connectivity index (χ0) is 13.7. The van der Waals surface area contributed by atoms with E-state index in [1.165, 1.54) is 0 Å². The summed E-state index contributed by atoms with van der Waals surface area (Å²) in [6, 6.07) is 7.83. The van der Waals surface area contributed by atoms with Crippen molar-refractivity contribution in [3.63, 3.8) is 0 Å². The van der Waals surface area contributed by atoms with Crippen LogP contribution in [0.5, 0.6) is 0 Å². The van der Waals surface area contributed by atoms with Crippen LogP contribution >= 0.6 is 0 Å². The summed E-state index contributed by atoms with van der Waals surface area (Å²) in [5, 5.41) is 12.7. The Morgan fingerprint density at radius 1 is 1.32 bits per heavy atom. The molecule has 2 N–H and O–H groups in total. The number of carbonyl (C=O) groups excluding carboxylic acids is 1. The second-order valence-electron chi connectivity index (χ2n) is 5.16. The van der Waals surface area contributed by atoms with Crippen molar-refractivity contribution in [3.05, 3.63) is 41.5 Å². The Morgan fingerprint density at radius 2 is 2.05 bits per heavy atom. The number of amides is 1. The van der Waals surface area contributed by atoms with E-state index in [0.29, 0.717) is 0 Å². The van der Waals surface area contributed by atoms with E-state index in [4.69, 9.17) is 0 Å². The molecular formula is C16H21NO2. The molecule has 0 bridgehead atoms. The fourth-order valence-corrected chi connectivity index (χ4v) is 2.45. The molecule has 19 heavy (non-hydrogen) atoms. The Bertz CT molecular complexity index is 468. The molecular weight excluding hydrogens is 238 g/mol. The fraction of sp³-hybridized carbons (Fsp3) is 0.438. The maximum absolute atomic E-state index is 11.8. The van der Waals surface area contributed by atoms with Gasteiger partial charge in [0, 0.05) is 6.08 Å². The summed E-state index contributed by atoms with van der Waals surface area (Å²) < 4.78 is 0. The summed E-state index contributed by atoms with van der Waals surface area (Å²) in [7, 11) is 0. The number of carbonyl (C=O) groups is 1. The third-order valence-electron chi connectivity index (χ3n) is 3.66. The predicted octanol–water partition coefficient (Wildman–Crippen LogP) is 2.43. The Balaban J connectivity index is 1.92. The first-order chi connectivity index (χ1) is 9.16. The van der Waals surface area contributed by atoms with Crippen molar-refractivity contribution in [2.24, 2.45) is 0 Å². The van der Waals surface area contributed by atoms with Crippen molar-refractivity contribution in [3.8, 4) is 0 Å². The average Bonchev–Trinajstić information content (AvgIpc) is 2.40. The minimum absolute atomic E-state index is 0.0947. The van der Waals surface area contributed by atoms with E-state index >= 15 is 0 Å². The molecule has 0 aliphatic heterocycles. The van der Waals surface area contributed by atoms with Crippen molar-refractivity contribution in [2.45, 2.75) is 44.8 Å². The topological polar surface area (TPSA) is 49.3 Å². The zero-order valence-corrected chi connectivity index (χ0v) is 11.3. The highest BCUT2D eigenvalue weighted by atomic mass is 16.3. The molecule has 1 aliphatic carbocycles. The van der Waals surface area contributed by atoms with E-state index in [2.05, 4.69) is 5.32 Å². The number of aliphatic hydroxyl groups is 1. The molecule has 0 unspecified atom stereocenters. The highest BCUT2D eigenvalue weighted by Gasteiger charge is 2.23. The molecule has 1 aromatic rings. The van der Waals surface area contributed by atoms with Gasteiger partial charge < -0.3 is 10.4 Å². The van der Waals surface area contributed by atoms with Gasteiger partial charge in [0.05, 0.1) is 12.1 Å². The lowest BCUT2D eigenvalue weighted by Crippen LogP contribution is -2.44. The highest BCUT2D eigenvalue weighted by molar-refractivity contribution is 5.92. The van der Waals surface area contributed by atoms with Crippen LogP contribution in [0.4, 0.5) is 0 Å². The average molecular weight is 259 g/mol. The van der Waals surface area contributed by atoms with Gasteiger partial charge in [-0.15, -0.1) is 0 Å².